The molecule has 2 aliphatic heterocycles. The van der Waals surface area contributed by atoms with Crippen molar-refractivity contribution in [2.24, 2.45) is 0 Å². The van der Waals surface area contributed by atoms with Gasteiger partial charge in [0.15, 0.2) is 11.5 Å². The molecule has 2 fully saturated rings. The van der Waals surface area contributed by atoms with Crippen LogP contribution in [0.25, 0.3) is 27.8 Å². The zero-order valence-corrected chi connectivity index (χ0v) is 19.9. The minimum Gasteiger partial charge on any atom is -0.366 e. The van der Waals surface area contributed by atoms with Crippen LogP contribution in [0.1, 0.15) is 20.3 Å². The number of fused-ring (bicyclic) bond motifs is 4. The van der Waals surface area contributed by atoms with Crippen LogP contribution in [-0.4, -0.2) is 60.7 Å². The number of anilines is 3. The average molecular weight is 465 g/mol. The fourth-order valence-corrected chi connectivity index (χ4v) is 5.77. The molecule has 0 saturated carbocycles. The molecule has 5 aromatic rings. The van der Waals surface area contributed by atoms with Crippen molar-refractivity contribution in [3.8, 4) is 11.3 Å². The topological polar surface area (TPSA) is 77.4 Å². The first-order valence-electron chi connectivity index (χ1n) is 12.3. The van der Waals surface area contributed by atoms with Crippen molar-refractivity contribution in [1.29, 1.82) is 0 Å². The van der Waals surface area contributed by atoms with Gasteiger partial charge in [-0.3, -0.25) is 10.00 Å². The summed E-state index contributed by atoms with van der Waals surface area (Å²) in [6.45, 7) is 6.90. The van der Waals surface area contributed by atoms with Crippen molar-refractivity contribution >= 4 is 33.7 Å². The molecular formula is C27H28N8. The molecule has 0 amide bonds. The Morgan fingerprint density at radius 2 is 1.94 bits per heavy atom. The monoisotopic (exact) mass is 464 g/mol. The van der Waals surface area contributed by atoms with E-state index < -0.39 is 0 Å². The third kappa shape index (κ3) is 3.44. The second-order valence-electron chi connectivity index (χ2n) is 9.96. The summed E-state index contributed by atoms with van der Waals surface area (Å²) in [4.78, 5) is 14.7. The Hall–Kier alpha value is -3.91. The normalized spacial score (nSPS) is 20.0. The predicted molar refractivity (Wildman–Crippen MR) is 139 cm³/mol. The number of benzene rings is 2. The summed E-state index contributed by atoms with van der Waals surface area (Å²) in [7, 11) is 0. The highest BCUT2D eigenvalue weighted by atomic mass is 15.4. The van der Waals surface area contributed by atoms with Crippen LogP contribution >= 0.6 is 0 Å². The summed E-state index contributed by atoms with van der Waals surface area (Å²) < 4.78 is 2.01. The Kier molecular flexibility index (Phi) is 4.57. The lowest BCUT2D eigenvalue weighted by molar-refractivity contribution is 0.191. The first-order valence-corrected chi connectivity index (χ1v) is 12.3. The molecule has 2 bridgehead atoms. The van der Waals surface area contributed by atoms with Gasteiger partial charge >= 0.3 is 0 Å². The summed E-state index contributed by atoms with van der Waals surface area (Å²) in [6.07, 6.45) is 8.87. The number of rotatable bonds is 5. The Balaban J connectivity index is 1.16. The van der Waals surface area contributed by atoms with Crippen LogP contribution in [0.3, 0.4) is 0 Å². The summed E-state index contributed by atoms with van der Waals surface area (Å²) in [6, 6.07) is 16.9. The van der Waals surface area contributed by atoms with Gasteiger partial charge in [-0.15, -0.1) is 0 Å². The quantitative estimate of drug-likeness (QED) is 0.393. The number of nitrogens with one attached hydrogen (secondary N) is 2. The lowest BCUT2D eigenvalue weighted by Crippen LogP contribution is -2.48. The molecule has 8 nitrogen and oxygen atoms in total. The predicted octanol–water partition coefficient (Wildman–Crippen LogP) is 4.69. The molecule has 35 heavy (non-hydrogen) atoms. The van der Waals surface area contributed by atoms with Crippen molar-refractivity contribution in [2.45, 2.75) is 38.4 Å². The van der Waals surface area contributed by atoms with Crippen LogP contribution in [-0.2, 0) is 0 Å². The molecule has 2 N–H and O–H groups in total. The summed E-state index contributed by atoms with van der Waals surface area (Å²) in [5.74, 6) is 0.734. The lowest BCUT2D eigenvalue weighted by Gasteiger charge is -2.37. The van der Waals surface area contributed by atoms with Gasteiger partial charge in [-0.25, -0.2) is 9.97 Å². The highest BCUT2D eigenvalue weighted by Gasteiger charge is 2.43. The molecule has 5 heterocycles. The van der Waals surface area contributed by atoms with Gasteiger partial charge in [0.2, 0.25) is 0 Å². The van der Waals surface area contributed by atoms with E-state index in [1.165, 1.54) is 18.7 Å². The fraction of sp³-hybridized carbons (Fsp3) is 0.296. The molecule has 0 aliphatic carbocycles. The molecule has 2 aromatic carbocycles. The number of H-pyrrole nitrogens is 1. The van der Waals surface area contributed by atoms with Gasteiger partial charge in [-0.05, 0) is 50.6 Å². The van der Waals surface area contributed by atoms with Crippen molar-refractivity contribution in [1.82, 2.24) is 29.5 Å². The third-order valence-corrected chi connectivity index (χ3v) is 7.52. The molecule has 2 aliphatic rings. The number of piperazine rings is 1. The Bertz CT molecular complexity index is 1520. The van der Waals surface area contributed by atoms with Crippen LogP contribution in [0, 0.1) is 0 Å². The molecule has 2 atom stereocenters. The minimum atomic E-state index is 0.622. The van der Waals surface area contributed by atoms with Crippen LogP contribution in [0.15, 0.2) is 67.3 Å². The first kappa shape index (κ1) is 20.5. The zero-order chi connectivity index (χ0) is 23.5. The van der Waals surface area contributed by atoms with Gasteiger partial charge in [0.05, 0.1) is 17.4 Å². The smallest absolute Gasteiger partial charge is 0.180 e. The van der Waals surface area contributed by atoms with Crippen LogP contribution in [0.4, 0.5) is 17.2 Å². The standard InChI is InChI=1S/C27H28N8/c1-17(2)34-14-23-12-22(34)15-35(23)21-7-5-20(6-8-21)30-26-27-28-9-10-33(27)16-25(31-26)18-3-4-19-13-29-32-24(19)11-18/h3-11,13,16-17,22-23H,12,14-15H2,1-2H3,(H,29,32)(H,30,31)/t22-,23-/m1/s1. The molecule has 176 valence electrons. The Morgan fingerprint density at radius 1 is 1.06 bits per heavy atom. The number of nitrogens with zero attached hydrogens (tertiary/aromatic N) is 6. The highest BCUT2D eigenvalue weighted by Crippen LogP contribution is 2.36. The van der Waals surface area contributed by atoms with E-state index >= 15 is 0 Å². The highest BCUT2D eigenvalue weighted by molar-refractivity contribution is 5.84. The third-order valence-electron chi connectivity index (χ3n) is 7.52. The second-order valence-corrected chi connectivity index (χ2v) is 9.96. The van der Waals surface area contributed by atoms with Crippen LogP contribution in [0.5, 0.6) is 0 Å². The van der Waals surface area contributed by atoms with Crippen molar-refractivity contribution in [3.05, 3.63) is 67.3 Å². The maximum absolute atomic E-state index is 4.94. The number of likely N-dealkylation sites (tertiary alicyclic amines) is 1. The molecule has 0 radical (unpaired) electrons. The number of hydrogen-bond donors (Lipinski definition) is 2. The van der Waals surface area contributed by atoms with Gasteiger partial charge in [0, 0.05) is 72.1 Å². The average Bonchev–Trinajstić information content (AvgIpc) is 3.67. The maximum atomic E-state index is 4.94. The van der Waals surface area contributed by atoms with E-state index in [9.17, 15) is 0 Å². The van der Waals surface area contributed by atoms with E-state index in [-0.39, 0.29) is 0 Å². The van der Waals surface area contributed by atoms with Crippen LogP contribution < -0.4 is 10.2 Å². The van der Waals surface area contributed by atoms with E-state index in [4.69, 9.17) is 4.98 Å². The number of aromatic amines is 1. The Labute approximate surface area is 203 Å². The van der Waals surface area contributed by atoms with Crippen LogP contribution in [0.2, 0.25) is 0 Å². The molecular weight excluding hydrogens is 436 g/mol. The number of hydrogen-bond acceptors (Lipinski definition) is 6. The zero-order valence-electron chi connectivity index (χ0n) is 19.9. The summed E-state index contributed by atoms with van der Waals surface area (Å²) in [5.41, 5.74) is 5.98. The molecule has 0 spiro atoms. The molecule has 2 saturated heterocycles. The van der Waals surface area contributed by atoms with E-state index in [1.807, 2.05) is 23.0 Å². The number of imidazole rings is 1. The summed E-state index contributed by atoms with van der Waals surface area (Å²) in [5, 5.41) is 11.8. The van der Waals surface area contributed by atoms with Crippen molar-refractivity contribution < 1.29 is 0 Å². The lowest BCUT2D eigenvalue weighted by atomic mass is 10.1. The van der Waals surface area contributed by atoms with Crippen molar-refractivity contribution in [3.63, 3.8) is 0 Å². The number of aromatic nitrogens is 5. The Morgan fingerprint density at radius 3 is 2.74 bits per heavy atom. The fourth-order valence-electron chi connectivity index (χ4n) is 5.77. The van der Waals surface area contributed by atoms with Gasteiger partial charge in [-0.1, -0.05) is 12.1 Å². The molecule has 0 unspecified atom stereocenters. The molecule has 7 rings (SSSR count). The van der Waals surface area contributed by atoms with E-state index in [1.54, 1.807) is 6.20 Å². The summed E-state index contributed by atoms with van der Waals surface area (Å²) >= 11 is 0. The van der Waals surface area contributed by atoms with Gasteiger partial charge in [0.25, 0.3) is 0 Å². The molecule has 3 aromatic heterocycles. The minimum absolute atomic E-state index is 0.622. The largest absolute Gasteiger partial charge is 0.366 e. The van der Waals surface area contributed by atoms with Crippen molar-refractivity contribution in [2.75, 3.05) is 23.3 Å². The van der Waals surface area contributed by atoms with E-state index in [0.717, 1.165) is 45.9 Å². The van der Waals surface area contributed by atoms with E-state index in [2.05, 4.69) is 86.6 Å². The van der Waals surface area contributed by atoms with Gasteiger partial charge in [-0.2, -0.15) is 5.10 Å². The van der Waals surface area contributed by atoms with E-state index in [0.29, 0.717) is 18.1 Å². The van der Waals surface area contributed by atoms with Gasteiger partial charge in [0.1, 0.15) is 0 Å². The van der Waals surface area contributed by atoms with Gasteiger partial charge < -0.3 is 14.6 Å². The maximum Gasteiger partial charge on any atom is 0.180 e. The molecule has 8 heteroatoms. The second kappa shape index (κ2) is 7.81. The SMILES string of the molecule is CC(C)N1C[C@H]2C[C@@H]1CN2c1ccc(Nc2nc(-c3ccc4cn[nH]c4c3)cn3ccnc23)cc1. The first-order chi connectivity index (χ1) is 17.1.